The van der Waals surface area contributed by atoms with Crippen molar-refractivity contribution in [3.63, 3.8) is 0 Å². The highest BCUT2D eigenvalue weighted by Crippen LogP contribution is 2.27. The van der Waals surface area contributed by atoms with Gasteiger partial charge >= 0.3 is 0 Å². The number of hydrogen-bond donors (Lipinski definition) is 2. The van der Waals surface area contributed by atoms with Gasteiger partial charge in [-0.15, -0.1) is 10.2 Å². The van der Waals surface area contributed by atoms with E-state index >= 15 is 0 Å². The van der Waals surface area contributed by atoms with E-state index in [4.69, 9.17) is 5.73 Å². The number of aromatic nitrogens is 3. The fraction of sp³-hybridized carbons (Fsp3) is 0.385. The number of benzene rings is 1. The molecule has 5 heteroatoms. The molecule has 3 rings (SSSR count). The molecule has 0 unspecified atom stereocenters. The Hall–Kier alpha value is -2.04. The summed E-state index contributed by atoms with van der Waals surface area (Å²) in [6.45, 7) is 0. The number of nitrogens with zero attached hydrogens (tertiary/aromatic N) is 3. The molecule has 1 aromatic heterocycles. The molecule has 1 heterocycles. The van der Waals surface area contributed by atoms with Crippen LogP contribution in [0.2, 0.25) is 0 Å². The normalized spacial score (nSPS) is 16.0. The van der Waals surface area contributed by atoms with Crippen molar-refractivity contribution in [3.8, 4) is 5.69 Å². The second-order valence-corrected chi connectivity index (χ2v) is 4.77. The first-order valence-electron chi connectivity index (χ1n) is 6.34. The van der Waals surface area contributed by atoms with Crippen molar-refractivity contribution in [1.29, 1.82) is 0 Å². The summed E-state index contributed by atoms with van der Waals surface area (Å²) in [7, 11) is 0. The van der Waals surface area contributed by atoms with E-state index in [2.05, 4.69) is 15.5 Å². The van der Waals surface area contributed by atoms with E-state index in [1.807, 2.05) is 22.8 Å². The number of anilines is 2. The van der Waals surface area contributed by atoms with Gasteiger partial charge in [0.25, 0.3) is 0 Å². The number of nitrogens with one attached hydrogen (secondary N) is 1. The van der Waals surface area contributed by atoms with Crippen LogP contribution in [0.5, 0.6) is 0 Å². The molecule has 0 amide bonds. The minimum absolute atomic E-state index is 0.577. The number of hydrogen-bond acceptors (Lipinski definition) is 4. The van der Waals surface area contributed by atoms with Crippen LogP contribution in [0.4, 0.5) is 11.4 Å². The van der Waals surface area contributed by atoms with Crippen LogP contribution < -0.4 is 11.1 Å². The lowest BCUT2D eigenvalue weighted by molar-refractivity contribution is 0.756. The Bertz CT molecular complexity index is 514. The summed E-state index contributed by atoms with van der Waals surface area (Å²) in [5.74, 6) is 0. The molecule has 0 spiro atoms. The zero-order valence-corrected chi connectivity index (χ0v) is 10.2. The average Bonchev–Trinajstić information content (AvgIpc) is 3.04. The zero-order valence-electron chi connectivity index (χ0n) is 10.2. The van der Waals surface area contributed by atoms with Crippen LogP contribution in [-0.4, -0.2) is 20.8 Å². The maximum atomic E-state index is 6.09. The van der Waals surface area contributed by atoms with Gasteiger partial charge in [-0.3, -0.25) is 4.57 Å². The lowest BCUT2D eigenvalue weighted by atomic mass is 10.2. The van der Waals surface area contributed by atoms with Crippen LogP contribution in [0.25, 0.3) is 5.69 Å². The van der Waals surface area contributed by atoms with Gasteiger partial charge in [0.1, 0.15) is 12.7 Å². The largest absolute Gasteiger partial charge is 0.397 e. The molecule has 0 radical (unpaired) electrons. The fourth-order valence-electron chi connectivity index (χ4n) is 2.47. The molecule has 5 nitrogen and oxygen atoms in total. The zero-order chi connectivity index (χ0) is 12.4. The molecule has 1 aromatic carbocycles. The Kier molecular flexibility index (Phi) is 2.88. The van der Waals surface area contributed by atoms with Gasteiger partial charge in [0.05, 0.1) is 17.1 Å². The predicted octanol–water partition coefficient (Wildman–Crippen LogP) is 2.20. The summed E-state index contributed by atoms with van der Waals surface area (Å²) in [6, 6.07) is 6.58. The van der Waals surface area contributed by atoms with Gasteiger partial charge in [0, 0.05) is 6.04 Å². The first-order valence-corrected chi connectivity index (χ1v) is 6.34. The van der Waals surface area contributed by atoms with Gasteiger partial charge < -0.3 is 11.1 Å². The summed E-state index contributed by atoms with van der Waals surface area (Å²) in [5, 5.41) is 11.1. The smallest absolute Gasteiger partial charge is 0.123 e. The molecular weight excluding hydrogens is 226 g/mol. The first kappa shape index (κ1) is 11.1. The van der Waals surface area contributed by atoms with Gasteiger partial charge in [0.2, 0.25) is 0 Å². The molecule has 0 bridgehead atoms. The summed E-state index contributed by atoms with van der Waals surface area (Å²) in [6.07, 6.45) is 8.45. The van der Waals surface area contributed by atoms with Crippen LogP contribution in [0.15, 0.2) is 30.9 Å². The Morgan fingerprint density at radius 1 is 1.17 bits per heavy atom. The lowest BCUT2D eigenvalue weighted by Crippen LogP contribution is -2.15. The molecule has 0 atom stereocenters. The summed E-state index contributed by atoms with van der Waals surface area (Å²) in [4.78, 5) is 0. The third-order valence-electron chi connectivity index (χ3n) is 3.47. The van der Waals surface area contributed by atoms with Crippen LogP contribution in [0, 0.1) is 0 Å². The highest BCUT2D eigenvalue weighted by molar-refractivity contribution is 5.69. The molecule has 1 aliphatic rings. The van der Waals surface area contributed by atoms with E-state index in [1.54, 1.807) is 12.7 Å². The van der Waals surface area contributed by atoms with Gasteiger partial charge in [-0.1, -0.05) is 12.8 Å². The quantitative estimate of drug-likeness (QED) is 0.811. The van der Waals surface area contributed by atoms with Gasteiger partial charge in [-0.2, -0.15) is 0 Å². The van der Waals surface area contributed by atoms with Crippen molar-refractivity contribution in [2.24, 2.45) is 0 Å². The van der Waals surface area contributed by atoms with Crippen LogP contribution in [0.1, 0.15) is 25.7 Å². The van der Waals surface area contributed by atoms with Crippen molar-refractivity contribution >= 4 is 11.4 Å². The topological polar surface area (TPSA) is 68.8 Å². The van der Waals surface area contributed by atoms with Crippen LogP contribution in [-0.2, 0) is 0 Å². The number of nitrogen functional groups attached to an aromatic ring is 1. The van der Waals surface area contributed by atoms with Gasteiger partial charge in [-0.05, 0) is 31.0 Å². The van der Waals surface area contributed by atoms with Crippen molar-refractivity contribution in [2.75, 3.05) is 11.1 Å². The monoisotopic (exact) mass is 243 g/mol. The molecule has 2 aromatic rings. The SMILES string of the molecule is Nc1cc(-n2cnnc2)ccc1NC1CCCC1. The van der Waals surface area contributed by atoms with E-state index in [0.29, 0.717) is 6.04 Å². The third-order valence-corrected chi connectivity index (χ3v) is 3.47. The standard InChI is InChI=1S/C13H17N5/c14-12-7-11(18-8-15-16-9-18)5-6-13(12)17-10-3-1-2-4-10/h5-10,17H,1-4,14H2. The molecular formula is C13H17N5. The summed E-state index contributed by atoms with van der Waals surface area (Å²) >= 11 is 0. The maximum Gasteiger partial charge on any atom is 0.123 e. The Balaban J connectivity index is 1.80. The molecule has 0 aliphatic heterocycles. The van der Waals surface area contributed by atoms with Crippen molar-refractivity contribution < 1.29 is 0 Å². The number of nitrogens with two attached hydrogens (primary N) is 1. The number of rotatable bonds is 3. The Morgan fingerprint density at radius 2 is 1.89 bits per heavy atom. The highest BCUT2D eigenvalue weighted by atomic mass is 15.2. The van der Waals surface area contributed by atoms with Crippen molar-refractivity contribution in [2.45, 2.75) is 31.7 Å². The third kappa shape index (κ3) is 2.16. The predicted molar refractivity (Wildman–Crippen MR) is 71.7 cm³/mol. The van der Waals surface area contributed by atoms with Crippen LogP contribution >= 0.6 is 0 Å². The fourth-order valence-corrected chi connectivity index (χ4v) is 2.47. The van der Waals surface area contributed by atoms with Crippen molar-refractivity contribution in [3.05, 3.63) is 30.9 Å². The average molecular weight is 243 g/mol. The minimum atomic E-state index is 0.577. The molecule has 18 heavy (non-hydrogen) atoms. The first-order chi connectivity index (χ1) is 8.83. The van der Waals surface area contributed by atoms with Crippen molar-refractivity contribution in [1.82, 2.24) is 14.8 Å². The highest BCUT2D eigenvalue weighted by Gasteiger charge is 2.15. The van der Waals surface area contributed by atoms with Gasteiger partial charge in [-0.25, -0.2) is 0 Å². The summed E-state index contributed by atoms with van der Waals surface area (Å²) in [5.41, 5.74) is 8.87. The molecule has 1 saturated carbocycles. The van der Waals surface area contributed by atoms with Gasteiger partial charge in [0.15, 0.2) is 0 Å². The second kappa shape index (κ2) is 4.68. The lowest BCUT2D eigenvalue weighted by Gasteiger charge is -2.16. The molecule has 1 aliphatic carbocycles. The second-order valence-electron chi connectivity index (χ2n) is 4.77. The van der Waals surface area contributed by atoms with Crippen LogP contribution in [0.3, 0.4) is 0 Å². The Morgan fingerprint density at radius 3 is 2.56 bits per heavy atom. The minimum Gasteiger partial charge on any atom is -0.397 e. The van der Waals surface area contributed by atoms with E-state index in [9.17, 15) is 0 Å². The van der Waals surface area contributed by atoms with E-state index in [0.717, 1.165) is 17.1 Å². The Labute approximate surface area is 106 Å². The molecule has 94 valence electrons. The van der Waals surface area contributed by atoms with E-state index in [-0.39, 0.29) is 0 Å². The molecule has 1 fully saturated rings. The van der Waals surface area contributed by atoms with E-state index in [1.165, 1.54) is 25.7 Å². The summed E-state index contributed by atoms with van der Waals surface area (Å²) < 4.78 is 1.84. The van der Waals surface area contributed by atoms with E-state index < -0.39 is 0 Å². The molecule has 3 N–H and O–H groups in total. The molecule has 0 saturated heterocycles. The maximum absolute atomic E-state index is 6.09.